The van der Waals surface area contributed by atoms with Gasteiger partial charge in [-0.2, -0.15) is 5.21 Å². The minimum Gasteiger partial charge on any atom is -1.00 e. The maximum Gasteiger partial charge on any atom is 3.00 e. The van der Waals surface area contributed by atoms with Crippen molar-refractivity contribution in [3.63, 3.8) is 0 Å². The second-order valence-electron chi connectivity index (χ2n) is 0.926. The number of aryl methyl sites for hydroxylation is 1. The molecule has 0 aliphatic carbocycles. The maximum absolute atomic E-state index is 3.44. The Morgan fingerprint density at radius 3 is 1.46 bits per heavy atom. The van der Waals surface area contributed by atoms with Gasteiger partial charge in [0, 0.05) is 5.82 Å². The molecule has 0 radical (unpaired) electrons. The van der Waals surface area contributed by atoms with Crippen molar-refractivity contribution in [3.05, 3.63) is 5.82 Å². The zero-order chi connectivity index (χ0) is 4.41. The number of tetrazole rings is 1. The predicted octanol–water partition coefficient (Wildman–Crippen LogP) is -3.05. The number of hydrogen-bond donors (Lipinski definition) is 5. The molecule has 0 atom stereocenters. The summed E-state index contributed by atoms with van der Waals surface area (Å²) in [6.45, 7) is 1.74. The van der Waals surface area contributed by atoms with Crippen LogP contribution in [0.1, 0.15) is 5.82 Å². The van der Waals surface area contributed by atoms with Gasteiger partial charge in [0.1, 0.15) is 0 Å². The van der Waals surface area contributed by atoms with Gasteiger partial charge in [-0.25, -0.2) is 0 Å². The summed E-state index contributed by atoms with van der Waals surface area (Å²) in [5.41, 5.74) is 0. The van der Waals surface area contributed by atoms with Gasteiger partial charge in [-0.05, 0) is 6.92 Å². The van der Waals surface area contributed by atoms with Crippen molar-refractivity contribution in [2.75, 3.05) is 0 Å². The van der Waals surface area contributed by atoms with Gasteiger partial charge in [-0.1, -0.05) is 0 Å². The van der Waals surface area contributed by atoms with Crippen LogP contribution in [0.4, 0.5) is 0 Å². The van der Waals surface area contributed by atoms with Gasteiger partial charge in [0.05, 0.1) is 0 Å². The van der Waals surface area contributed by atoms with Crippen LogP contribution in [0.25, 0.3) is 0 Å². The monoisotopic (exact) mass is 262 g/mol. The third kappa shape index (κ3) is 24.5. The molecular formula is C2H18ClCoN9+. The molecular weight excluding hydrogens is 244 g/mol. The van der Waals surface area contributed by atoms with Crippen molar-refractivity contribution in [2.45, 2.75) is 6.92 Å². The van der Waals surface area contributed by atoms with E-state index in [2.05, 4.69) is 20.6 Å². The summed E-state index contributed by atoms with van der Waals surface area (Å²) in [6, 6.07) is 0. The molecule has 0 saturated heterocycles. The maximum atomic E-state index is 3.44. The average molecular weight is 263 g/mol. The molecule has 0 spiro atoms. The SMILES string of the molecule is Cc1nnn[n-]1.N.N.N.N.N.[Cl-].[Co+3]. The topological polar surface area (TPSA) is 228 Å². The summed E-state index contributed by atoms with van der Waals surface area (Å²) in [6.07, 6.45) is 0. The van der Waals surface area contributed by atoms with Crippen molar-refractivity contribution >= 4 is 0 Å². The molecule has 0 bridgehead atoms. The summed E-state index contributed by atoms with van der Waals surface area (Å²) >= 11 is 0. The van der Waals surface area contributed by atoms with E-state index in [9.17, 15) is 0 Å². The van der Waals surface area contributed by atoms with Crippen LogP contribution in [-0.4, -0.2) is 15.5 Å². The summed E-state index contributed by atoms with van der Waals surface area (Å²) < 4.78 is 0. The van der Waals surface area contributed by atoms with Crippen LogP contribution in [0, 0.1) is 6.92 Å². The first-order valence-electron chi connectivity index (χ1n) is 1.55. The number of hydrogen-bond acceptors (Lipinski definition) is 8. The molecule has 1 rings (SSSR count). The fraction of sp³-hybridized carbons (Fsp3) is 0.500. The predicted molar refractivity (Wildman–Crippen MR) is 43.0 cm³/mol. The molecule has 0 fully saturated rings. The van der Waals surface area contributed by atoms with Gasteiger partial charge in [0.2, 0.25) is 0 Å². The molecule has 11 heteroatoms. The normalized spacial score (nSPS) is 4.08. The van der Waals surface area contributed by atoms with E-state index >= 15 is 0 Å². The Kier molecular flexibility index (Phi) is 123. The summed E-state index contributed by atoms with van der Waals surface area (Å²) in [5, 5.41) is 13.3. The van der Waals surface area contributed by atoms with Crippen LogP contribution in [0.3, 0.4) is 0 Å². The Balaban J connectivity index is -0.0000000103. The van der Waals surface area contributed by atoms with E-state index in [0.717, 1.165) is 0 Å². The Labute approximate surface area is 93.7 Å². The van der Waals surface area contributed by atoms with Gasteiger partial charge in [0.25, 0.3) is 0 Å². The van der Waals surface area contributed by atoms with E-state index < -0.39 is 0 Å². The van der Waals surface area contributed by atoms with Crippen molar-refractivity contribution in [2.24, 2.45) is 0 Å². The quantitative estimate of drug-likeness (QED) is 0.319. The number of nitrogens with zero attached hydrogens (tertiary/aromatic N) is 4. The molecule has 0 aliphatic heterocycles. The second kappa shape index (κ2) is 29.9. The molecule has 1 heterocycles. The van der Waals surface area contributed by atoms with Gasteiger partial charge in [-0.3, -0.25) is 10.3 Å². The first-order chi connectivity index (χ1) is 2.89. The Bertz CT molecular complexity index is 121. The second-order valence-corrected chi connectivity index (χ2v) is 0.926. The standard InChI is InChI=1S/C2H3N4.ClH.Co.5H3N/c1-2-3-5-6-4-2;;;;;;;/h1H3;1H;;5*1H3/q-1;;+3;;;;;/p-1. The van der Waals surface area contributed by atoms with Crippen LogP contribution in [0.15, 0.2) is 0 Å². The zero-order valence-electron chi connectivity index (χ0n) is 7.54. The number of aromatic nitrogens is 4. The first kappa shape index (κ1) is 53.7. The third-order valence-corrected chi connectivity index (χ3v) is 0.419. The molecule has 13 heavy (non-hydrogen) atoms. The van der Waals surface area contributed by atoms with E-state index in [1.54, 1.807) is 6.92 Å². The molecule has 1 aromatic rings. The van der Waals surface area contributed by atoms with Gasteiger partial charge < -0.3 is 48.3 Å². The molecule has 0 amide bonds. The average Bonchev–Trinajstić information content (AvgIpc) is 1.86. The minimum atomic E-state index is 0. The van der Waals surface area contributed by atoms with Gasteiger partial charge in [0.15, 0.2) is 0 Å². The summed E-state index contributed by atoms with van der Waals surface area (Å²) in [5.74, 6) is 0.620. The molecule has 0 unspecified atom stereocenters. The van der Waals surface area contributed by atoms with Crippen LogP contribution in [-0.2, 0) is 16.8 Å². The van der Waals surface area contributed by atoms with Crippen molar-refractivity contribution in [1.29, 1.82) is 0 Å². The fourth-order valence-corrected chi connectivity index (χ4v) is 0.189. The molecule has 1 aromatic heterocycles. The van der Waals surface area contributed by atoms with E-state index in [1.165, 1.54) is 0 Å². The van der Waals surface area contributed by atoms with Gasteiger partial charge in [-0.15, -0.1) is 0 Å². The number of rotatable bonds is 0. The zero-order valence-corrected chi connectivity index (χ0v) is 9.33. The molecule has 86 valence electrons. The van der Waals surface area contributed by atoms with Crippen LogP contribution in [0.5, 0.6) is 0 Å². The number of halogens is 1. The Hall–Kier alpha value is -0.334. The van der Waals surface area contributed by atoms with E-state index in [1.807, 2.05) is 0 Å². The fourth-order valence-electron chi connectivity index (χ4n) is 0.189. The minimum absolute atomic E-state index is 0. The van der Waals surface area contributed by atoms with Crippen LogP contribution >= 0.6 is 0 Å². The van der Waals surface area contributed by atoms with Crippen molar-refractivity contribution < 1.29 is 29.2 Å². The molecule has 0 aromatic carbocycles. The Morgan fingerprint density at radius 1 is 1.00 bits per heavy atom. The van der Waals surface area contributed by atoms with E-state index in [0.29, 0.717) is 5.82 Å². The largest absolute Gasteiger partial charge is 3.00 e. The Morgan fingerprint density at radius 2 is 1.38 bits per heavy atom. The molecule has 9 nitrogen and oxygen atoms in total. The molecule has 0 aliphatic rings. The van der Waals surface area contributed by atoms with Crippen molar-refractivity contribution in [1.82, 2.24) is 51.4 Å². The summed E-state index contributed by atoms with van der Waals surface area (Å²) in [4.78, 5) is 0. The van der Waals surface area contributed by atoms with Crippen LogP contribution in [0.2, 0.25) is 0 Å². The van der Waals surface area contributed by atoms with Crippen LogP contribution < -0.4 is 48.3 Å². The van der Waals surface area contributed by atoms with Gasteiger partial charge >= 0.3 is 16.8 Å². The molecule has 15 N–H and O–H groups in total. The molecule has 0 saturated carbocycles. The van der Waals surface area contributed by atoms with E-state index in [-0.39, 0.29) is 59.9 Å². The van der Waals surface area contributed by atoms with Crippen molar-refractivity contribution in [3.8, 4) is 0 Å². The third-order valence-electron chi connectivity index (χ3n) is 0.419. The first-order valence-corrected chi connectivity index (χ1v) is 1.55. The van der Waals surface area contributed by atoms with E-state index in [4.69, 9.17) is 0 Å². The smallest absolute Gasteiger partial charge is 1.00 e. The summed E-state index contributed by atoms with van der Waals surface area (Å²) in [7, 11) is 0.